The Kier molecular flexibility index (Phi) is 1.87. The van der Waals surface area contributed by atoms with Gasteiger partial charge in [0.2, 0.25) is 5.91 Å². The molecule has 2 aliphatic rings. The molecule has 80 valence electrons. The smallest absolute Gasteiger partial charge is 0.223 e. The van der Waals surface area contributed by atoms with Crippen LogP contribution >= 0.6 is 0 Å². The van der Waals surface area contributed by atoms with E-state index in [4.69, 9.17) is 0 Å². The lowest BCUT2D eigenvalue weighted by atomic mass is 10.3. The summed E-state index contributed by atoms with van der Waals surface area (Å²) >= 11 is 0. The van der Waals surface area contributed by atoms with Crippen molar-refractivity contribution < 1.29 is 4.79 Å². The SMILES string of the molecule is O=C(NCCn1cccc1)[C@@H]1CC12CC2. The normalized spacial score (nSPS) is 25.2. The van der Waals surface area contributed by atoms with Gasteiger partial charge in [0.05, 0.1) is 0 Å². The van der Waals surface area contributed by atoms with Crippen molar-refractivity contribution in [2.24, 2.45) is 11.3 Å². The fourth-order valence-corrected chi connectivity index (χ4v) is 2.38. The van der Waals surface area contributed by atoms with Crippen LogP contribution in [-0.2, 0) is 11.3 Å². The Bertz CT molecular complexity index is 365. The topological polar surface area (TPSA) is 34.0 Å². The number of carbonyl (C=O) groups excluding carboxylic acids is 1. The molecule has 3 rings (SSSR count). The van der Waals surface area contributed by atoms with Crippen LogP contribution in [0.1, 0.15) is 19.3 Å². The number of carbonyl (C=O) groups is 1. The van der Waals surface area contributed by atoms with Gasteiger partial charge in [0, 0.05) is 31.4 Å². The maximum absolute atomic E-state index is 11.7. The molecule has 1 aromatic heterocycles. The molecule has 2 saturated carbocycles. The summed E-state index contributed by atoms with van der Waals surface area (Å²) < 4.78 is 2.08. The van der Waals surface area contributed by atoms with Gasteiger partial charge in [0.1, 0.15) is 0 Å². The number of aromatic nitrogens is 1. The molecule has 3 nitrogen and oxygen atoms in total. The molecule has 1 atom stereocenters. The summed E-state index contributed by atoms with van der Waals surface area (Å²) in [6.45, 7) is 1.62. The maximum Gasteiger partial charge on any atom is 0.223 e. The van der Waals surface area contributed by atoms with Gasteiger partial charge in [-0.15, -0.1) is 0 Å². The number of amides is 1. The van der Waals surface area contributed by atoms with E-state index in [9.17, 15) is 4.79 Å². The molecule has 0 saturated heterocycles. The Hall–Kier alpha value is -1.25. The van der Waals surface area contributed by atoms with Crippen LogP contribution in [0, 0.1) is 11.3 Å². The molecule has 0 unspecified atom stereocenters. The molecule has 0 aliphatic heterocycles. The Morgan fingerprint density at radius 3 is 2.73 bits per heavy atom. The van der Waals surface area contributed by atoms with Gasteiger partial charge in [-0.05, 0) is 36.8 Å². The van der Waals surface area contributed by atoms with Gasteiger partial charge in [0.25, 0.3) is 0 Å². The molecule has 0 aromatic carbocycles. The van der Waals surface area contributed by atoms with Gasteiger partial charge in [-0.3, -0.25) is 4.79 Å². The quantitative estimate of drug-likeness (QED) is 0.790. The summed E-state index contributed by atoms with van der Waals surface area (Å²) in [5.74, 6) is 0.627. The van der Waals surface area contributed by atoms with Crippen LogP contribution < -0.4 is 5.32 Å². The lowest BCUT2D eigenvalue weighted by Crippen LogP contribution is -2.28. The van der Waals surface area contributed by atoms with E-state index in [1.807, 2.05) is 24.5 Å². The van der Waals surface area contributed by atoms with Gasteiger partial charge in [-0.25, -0.2) is 0 Å². The van der Waals surface area contributed by atoms with Crippen LogP contribution in [0.15, 0.2) is 24.5 Å². The fourth-order valence-electron chi connectivity index (χ4n) is 2.38. The van der Waals surface area contributed by atoms with E-state index >= 15 is 0 Å². The Balaban J connectivity index is 1.41. The molecule has 0 bridgehead atoms. The van der Waals surface area contributed by atoms with Crippen molar-refractivity contribution in [2.75, 3.05) is 6.54 Å². The average Bonchev–Trinajstić information content (AvgIpc) is 3.11. The molecule has 1 spiro atoms. The average molecular weight is 204 g/mol. The molecule has 2 fully saturated rings. The minimum Gasteiger partial charge on any atom is -0.354 e. The first kappa shape index (κ1) is 9.01. The van der Waals surface area contributed by atoms with E-state index in [2.05, 4.69) is 9.88 Å². The molecule has 1 amide bonds. The highest BCUT2D eigenvalue weighted by Crippen LogP contribution is 2.70. The van der Waals surface area contributed by atoms with E-state index in [0.29, 0.717) is 11.3 Å². The summed E-state index contributed by atoms with van der Waals surface area (Å²) in [6.07, 6.45) is 7.74. The minimum absolute atomic E-state index is 0.277. The summed E-state index contributed by atoms with van der Waals surface area (Å²) in [6, 6.07) is 4.00. The van der Waals surface area contributed by atoms with E-state index in [0.717, 1.165) is 19.5 Å². The molecular formula is C12H16N2O. The largest absolute Gasteiger partial charge is 0.354 e. The van der Waals surface area contributed by atoms with Crippen LogP contribution in [-0.4, -0.2) is 17.0 Å². The second kappa shape index (κ2) is 3.12. The zero-order valence-corrected chi connectivity index (χ0v) is 8.78. The number of nitrogens with one attached hydrogen (secondary N) is 1. The van der Waals surface area contributed by atoms with Crippen molar-refractivity contribution in [1.82, 2.24) is 9.88 Å². The van der Waals surface area contributed by atoms with Crippen molar-refractivity contribution in [3.05, 3.63) is 24.5 Å². The molecular weight excluding hydrogens is 188 g/mol. The van der Waals surface area contributed by atoms with Crippen molar-refractivity contribution in [1.29, 1.82) is 0 Å². The third-order valence-corrected chi connectivity index (χ3v) is 3.73. The number of hydrogen-bond donors (Lipinski definition) is 1. The first-order chi connectivity index (χ1) is 7.30. The first-order valence-corrected chi connectivity index (χ1v) is 5.69. The molecule has 1 heterocycles. The zero-order chi connectivity index (χ0) is 10.3. The van der Waals surface area contributed by atoms with E-state index in [-0.39, 0.29) is 5.91 Å². The van der Waals surface area contributed by atoms with Crippen molar-refractivity contribution in [3.8, 4) is 0 Å². The van der Waals surface area contributed by atoms with E-state index < -0.39 is 0 Å². The van der Waals surface area contributed by atoms with Crippen LogP contribution in [0.3, 0.4) is 0 Å². The highest BCUT2D eigenvalue weighted by Gasteiger charge is 2.65. The molecule has 1 N–H and O–H groups in total. The minimum atomic E-state index is 0.277. The Morgan fingerprint density at radius 2 is 2.13 bits per heavy atom. The molecule has 0 radical (unpaired) electrons. The van der Waals surface area contributed by atoms with Crippen LogP contribution in [0.2, 0.25) is 0 Å². The van der Waals surface area contributed by atoms with Gasteiger partial charge < -0.3 is 9.88 Å². The summed E-state index contributed by atoms with van der Waals surface area (Å²) in [4.78, 5) is 11.7. The molecule has 15 heavy (non-hydrogen) atoms. The van der Waals surface area contributed by atoms with Crippen LogP contribution in [0.25, 0.3) is 0 Å². The second-order valence-electron chi connectivity index (χ2n) is 4.83. The maximum atomic E-state index is 11.7. The predicted octanol–water partition coefficient (Wildman–Crippen LogP) is 1.40. The lowest BCUT2D eigenvalue weighted by molar-refractivity contribution is -0.122. The highest BCUT2D eigenvalue weighted by molar-refractivity contribution is 5.83. The van der Waals surface area contributed by atoms with Crippen LogP contribution in [0.5, 0.6) is 0 Å². The number of nitrogens with zero attached hydrogens (tertiary/aromatic N) is 1. The molecule has 3 heteroatoms. The predicted molar refractivity (Wildman–Crippen MR) is 57.2 cm³/mol. The van der Waals surface area contributed by atoms with E-state index in [1.54, 1.807) is 0 Å². The van der Waals surface area contributed by atoms with Crippen LogP contribution in [0.4, 0.5) is 0 Å². The molecule has 1 aromatic rings. The fraction of sp³-hybridized carbons (Fsp3) is 0.583. The van der Waals surface area contributed by atoms with Gasteiger partial charge in [-0.2, -0.15) is 0 Å². The summed E-state index contributed by atoms with van der Waals surface area (Å²) in [5, 5.41) is 3.02. The lowest BCUT2D eigenvalue weighted by Gasteiger charge is -2.05. The molecule has 2 aliphatic carbocycles. The third kappa shape index (κ3) is 1.66. The number of rotatable bonds is 4. The Labute approximate surface area is 89.5 Å². The number of hydrogen-bond acceptors (Lipinski definition) is 1. The standard InChI is InChI=1S/C12H16N2O/c15-11(10-9-12(10)3-4-12)13-5-8-14-6-1-2-7-14/h1-2,6-7,10H,3-5,8-9H2,(H,13,15)/t10-/m0/s1. The van der Waals surface area contributed by atoms with Crippen molar-refractivity contribution in [3.63, 3.8) is 0 Å². The van der Waals surface area contributed by atoms with Gasteiger partial charge in [-0.1, -0.05) is 0 Å². The Morgan fingerprint density at radius 1 is 1.40 bits per heavy atom. The summed E-state index contributed by atoms with van der Waals surface area (Å²) in [7, 11) is 0. The third-order valence-electron chi connectivity index (χ3n) is 3.73. The first-order valence-electron chi connectivity index (χ1n) is 5.69. The highest BCUT2D eigenvalue weighted by atomic mass is 16.2. The van der Waals surface area contributed by atoms with Crippen molar-refractivity contribution >= 4 is 5.91 Å². The second-order valence-corrected chi connectivity index (χ2v) is 4.83. The van der Waals surface area contributed by atoms with Gasteiger partial charge in [0.15, 0.2) is 0 Å². The van der Waals surface area contributed by atoms with Gasteiger partial charge >= 0.3 is 0 Å². The monoisotopic (exact) mass is 204 g/mol. The summed E-state index contributed by atoms with van der Waals surface area (Å²) in [5.41, 5.74) is 0.484. The van der Waals surface area contributed by atoms with Crippen molar-refractivity contribution in [2.45, 2.75) is 25.8 Å². The van der Waals surface area contributed by atoms with E-state index in [1.165, 1.54) is 12.8 Å². The zero-order valence-electron chi connectivity index (χ0n) is 8.78.